The van der Waals surface area contributed by atoms with Crippen molar-refractivity contribution in [2.75, 3.05) is 0 Å². The molecular weight excluding hydrogens is 96.9 g/mol. The van der Waals surface area contributed by atoms with Crippen LogP contribution in [0.4, 0.5) is 0 Å². The van der Waals surface area contributed by atoms with Gasteiger partial charge < -0.3 is 0 Å². The normalized spacial score (nSPS) is 6.00. The van der Waals surface area contributed by atoms with Crippen molar-refractivity contribution in [2.45, 2.75) is 0 Å². The van der Waals surface area contributed by atoms with E-state index in [1.54, 1.807) is 13.2 Å². The second-order valence-corrected chi connectivity index (χ2v) is 1.02. The van der Waals surface area contributed by atoms with Crippen molar-refractivity contribution in [1.82, 2.24) is 4.89 Å². The molecule has 0 radical (unpaired) electrons. The molecule has 0 aliphatic rings. The average Bonchev–Trinajstić information content (AvgIpc) is 1.96. The monoisotopic (exact) mass is 105 g/mol. The Hall–Kier alpha value is -0.915. The van der Waals surface area contributed by atoms with Crippen LogP contribution < -0.4 is 0 Å². The van der Waals surface area contributed by atoms with Crippen LogP contribution in [-0.4, -0.2) is 11.9 Å². The van der Waals surface area contributed by atoms with Crippen molar-refractivity contribution in [1.29, 1.82) is 0 Å². The number of hydrogen-bond acceptors (Lipinski definition) is 1. The molecule has 0 spiro atoms. The van der Waals surface area contributed by atoms with Gasteiger partial charge in [-0.1, -0.05) is 0 Å². The van der Waals surface area contributed by atoms with Crippen LogP contribution in [0, 0.1) is 0 Å². The number of hydrogen-bond donors (Lipinski definition) is 0. The maximum absolute atomic E-state index is 3.78. The fourth-order valence-electron chi connectivity index (χ4n) is 0.313. The van der Waals surface area contributed by atoms with E-state index < -0.39 is 0 Å². The summed E-state index contributed by atoms with van der Waals surface area (Å²) in [6.45, 7) is 6.00. The predicted octanol–water partition coefficient (Wildman–Crippen LogP) is 1.22. The van der Waals surface area contributed by atoms with E-state index in [4.69, 9.17) is 0 Å². The minimum atomic E-state index is 1.75. The summed E-state index contributed by atoms with van der Waals surface area (Å²) in [5.74, 6) is 1.89. The Morgan fingerprint density at radius 3 is 2.12 bits per heavy atom. The molecule has 0 fully saturated rings. The van der Waals surface area contributed by atoms with Crippen LogP contribution in [0.3, 0.4) is 0 Å². The first kappa shape index (κ1) is 7.08. The third-order valence-corrected chi connectivity index (χ3v) is 0.566. The molecule has 0 aliphatic heterocycles. The Morgan fingerprint density at radius 1 is 1.25 bits per heavy atom. The second-order valence-electron chi connectivity index (χ2n) is 1.02. The molecule has 40 valence electrons. The van der Waals surface area contributed by atoms with Gasteiger partial charge in [-0.05, 0) is 0 Å². The van der Waals surface area contributed by atoms with Crippen molar-refractivity contribution in [2.24, 2.45) is 0 Å². The molecule has 1 heterocycles. The van der Waals surface area contributed by atoms with Gasteiger partial charge in [0, 0.05) is 0 Å². The summed E-state index contributed by atoms with van der Waals surface area (Å²) in [4.78, 5) is 3.78. The van der Waals surface area contributed by atoms with E-state index in [-0.39, 0.29) is 0 Å². The van der Waals surface area contributed by atoms with Gasteiger partial charge in [0.2, 0.25) is 0 Å². The van der Waals surface area contributed by atoms with E-state index in [1.165, 1.54) is 0 Å². The summed E-state index contributed by atoms with van der Waals surface area (Å²) in [5, 5.41) is 0. The molecule has 0 aliphatic carbocycles. The first-order chi connectivity index (χ1) is 4.00. The van der Waals surface area contributed by atoms with Gasteiger partial charge in [-0.25, -0.2) is 0 Å². The van der Waals surface area contributed by atoms with Gasteiger partial charge in [0.25, 0.3) is 0 Å². The molecule has 0 saturated carbocycles. The molecule has 0 saturated heterocycles. The zero-order valence-corrected chi connectivity index (χ0v) is 4.75. The number of aromatic nitrogens is 1. The Labute approximate surface area is 50.3 Å². The van der Waals surface area contributed by atoms with E-state index in [1.807, 2.05) is 18.1 Å². The molecular formula is C6H8BN. The van der Waals surface area contributed by atoms with Crippen LogP contribution in [0.15, 0.2) is 37.4 Å². The zero-order valence-electron chi connectivity index (χ0n) is 4.75. The van der Waals surface area contributed by atoms with Gasteiger partial charge in [-0.15, -0.1) is 13.2 Å². The van der Waals surface area contributed by atoms with Gasteiger partial charge in [-0.2, -0.15) is 0 Å². The van der Waals surface area contributed by atoms with Crippen molar-refractivity contribution >= 4 is 7.05 Å². The van der Waals surface area contributed by atoms with Crippen molar-refractivity contribution in [3.8, 4) is 0 Å². The summed E-state index contributed by atoms with van der Waals surface area (Å²) in [6, 6.07) is 3.83. The zero-order chi connectivity index (χ0) is 6.24. The van der Waals surface area contributed by atoms with E-state index in [2.05, 4.69) is 18.0 Å². The van der Waals surface area contributed by atoms with E-state index in [0.717, 1.165) is 0 Å². The van der Waals surface area contributed by atoms with Crippen molar-refractivity contribution in [3.63, 3.8) is 0 Å². The fraction of sp³-hybridized carbons (Fsp3) is 0. The average molecular weight is 105 g/mol. The first-order valence-corrected chi connectivity index (χ1v) is 2.35. The molecule has 0 N–H and O–H groups in total. The van der Waals surface area contributed by atoms with Crippen LogP contribution in [-0.2, 0) is 0 Å². The third kappa shape index (κ3) is 3.28. The summed E-state index contributed by atoms with van der Waals surface area (Å²) in [7, 11) is 1.75. The first-order valence-electron chi connectivity index (χ1n) is 2.35. The molecule has 0 aromatic carbocycles. The Kier molecular flexibility index (Phi) is 5.39. The van der Waals surface area contributed by atoms with E-state index in [9.17, 15) is 0 Å². The third-order valence-electron chi connectivity index (χ3n) is 0.566. The Balaban J connectivity index is 0.000000222. The fourth-order valence-corrected chi connectivity index (χ4v) is 0.313. The molecule has 1 aromatic heterocycles. The summed E-state index contributed by atoms with van der Waals surface area (Å²) in [6.07, 6.45) is 1.75. The molecule has 0 unspecified atom stereocenters. The van der Waals surface area contributed by atoms with Crippen LogP contribution >= 0.6 is 0 Å². The molecule has 0 atom stereocenters. The number of rotatable bonds is 0. The SMILES string of the molecule is C=C.b1ccccn1. The van der Waals surface area contributed by atoms with E-state index in [0.29, 0.717) is 0 Å². The molecule has 2 heteroatoms. The minimum absolute atomic E-state index is 1.75. The van der Waals surface area contributed by atoms with Gasteiger partial charge in [0.1, 0.15) is 0 Å². The Bertz CT molecular complexity index is 91.4. The van der Waals surface area contributed by atoms with Gasteiger partial charge in [0.05, 0.1) is 0 Å². The van der Waals surface area contributed by atoms with Gasteiger partial charge in [-0.3, -0.25) is 0 Å². The van der Waals surface area contributed by atoms with Crippen LogP contribution in [0.25, 0.3) is 0 Å². The van der Waals surface area contributed by atoms with Gasteiger partial charge >= 0.3 is 36.2 Å². The van der Waals surface area contributed by atoms with Crippen LogP contribution in [0.1, 0.15) is 0 Å². The topological polar surface area (TPSA) is 12.9 Å². The standard InChI is InChI=1S/C4H4BN.C2H4/c1-2-4-6-5-3-1;1-2/h1-4H;1-2H2. The molecule has 1 nitrogen and oxygen atoms in total. The predicted molar refractivity (Wildman–Crippen MR) is 36.8 cm³/mol. The van der Waals surface area contributed by atoms with Crippen molar-refractivity contribution < 1.29 is 0 Å². The molecule has 0 bridgehead atoms. The number of nitrogens with zero attached hydrogens (tertiary/aromatic N) is 1. The quantitative estimate of drug-likeness (QED) is 0.452. The molecule has 1 rings (SSSR count). The summed E-state index contributed by atoms with van der Waals surface area (Å²) in [5.41, 5.74) is 0. The van der Waals surface area contributed by atoms with E-state index >= 15 is 0 Å². The summed E-state index contributed by atoms with van der Waals surface area (Å²) >= 11 is 0. The molecule has 1 aromatic rings. The van der Waals surface area contributed by atoms with Gasteiger partial charge in [0.15, 0.2) is 0 Å². The van der Waals surface area contributed by atoms with Crippen molar-refractivity contribution in [3.05, 3.63) is 37.4 Å². The second kappa shape index (κ2) is 6.08. The van der Waals surface area contributed by atoms with Crippen LogP contribution in [0.2, 0.25) is 0 Å². The van der Waals surface area contributed by atoms with Crippen LogP contribution in [0.5, 0.6) is 0 Å². The Morgan fingerprint density at radius 2 is 2.00 bits per heavy atom. The summed E-state index contributed by atoms with van der Waals surface area (Å²) < 4.78 is 0. The molecule has 0 amide bonds. The maximum atomic E-state index is 3.78. The molecule has 8 heavy (non-hydrogen) atoms.